The Morgan fingerprint density at radius 2 is 1.39 bits per heavy atom. The molecular weight excluding hydrogens is 362 g/mol. The van der Waals surface area contributed by atoms with Crippen LogP contribution in [0.2, 0.25) is 0 Å². The molecule has 4 aromatic rings. The van der Waals surface area contributed by atoms with Crippen molar-refractivity contribution in [3.8, 4) is 11.1 Å². The van der Waals surface area contributed by atoms with E-state index in [-0.39, 0.29) is 22.1 Å². The van der Waals surface area contributed by atoms with Gasteiger partial charge in [-0.25, -0.2) is 0 Å². The van der Waals surface area contributed by atoms with Gasteiger partial charge in [0.1, 0.15) is 5.39 Å². The molecular formula is C20H9N3O5. The van der Waals surface area contributed by atoms with Crippen LogP contribution in [0.5, 0.6) is 0 Å². The zero-order valence-electron chi connectivity index (χ0n) is 14.1. The predicted molar refractivity (Wildman–Crippen MR) is 101 cm³/mol. The lowest BCUT2D eigenvalue weighted by Crippen LogP contribution is -2.12. The fourth-order valence-electron chi connectivity index (χ4n) is 3.91. The number of non-ortho nitro benzene ring substituents is 2. The lowest BCUT2D eigenvalue weighted by molar-refractivity contribution is -0.390. The van der Waals surface area contributed by atoms with E-state index >= 15 is 0 Å². The molecule has 8 heteroatoms. The average molecular weight is 371 g/mol. The summed E-state index contributed by atoms with van der Waals surface area (Å²) in [7, 11) is 0. The van der Waals surface area contributed by atoms with E-state index in [4.69, 9.17) is 0 Å². The number of carbonyl (C=O) groups excluding carboxylic acids is 1. The van der Waals surface area contributed by atoms with Gasteiger partial charge in [-0.15, -0.1) is 0 Å². The third-order valence-corrected chi connectivity index (χ3v) is 5.05. The van der Waals surface area contributed by atoms with Crippen LogP contribution in [0, 0.1) is 20.2 Å². The van der Waals surface area contributed by atoms with Crippen LogP contribution in [-0.2, 0) is 0 Å². The lowest BCUT2D eigenvalue weighted by Gasteiger charge is -2.20. The van der Waals surface area contributed by atoms with Crippen LogP contribution >= 0.6 is 0 Å². The van der Waals surface area contributed by atoms with Gasteiger partial charge in [0, 0.05) is 34.7 Å². The van der Waals surface area contributed by atoms with Crippen LogP contribution in [0.15, 0.2) is 54.7 Å². The first kappa shape index (κ1) is 16.0. The summed E-state index contributed by atoms with van der Waals surface area (Å²) < 4.78 is 0. The number of ketones is 1. The number of fused-ring (bicyclic) bond motifs is 4. The SMILES string of the molecule is O=C1c2c(ccc3cccnc23)-c2ccc([N+](=O)[O-])c3c([N+](=O)[O-])ccc1c23. The first-order valence-electron chi connectivity index (χ1n) is 8.30. The summed E-state index contributed by atoms with van der Waals surface area (Å²) in [5.74, 6) is -0.354. The van der Waals surface area contributed by atoms with Crippen molar-refractivity contribution in [3.63, 3.8) is 0 Å². The van der Waals surface area contributed by atoms with Crippen molar-refractivity contribution in [2.24, 2.45) is 0 Å². The molecule has 5 rings (SSSR count). The lowest BCUT2D eigenvalue weighted by atomic mass is 9.81. The molecule has 1 heterocycles. The van der Waals surface area contributed by atoms with Crippen molar-refractivity contribution >= 4 is 38.8 Å². The molecule has 3 aromatic carbocycles. The molecule has 0 fully saturated rings. The molecule has 0 spiro atoms. The van der Waals surface area contributed by atoms with Crippen LogP contribution in [-0.4, -0.2) is 20.6 Å². The third-order valence-electron chi connectivity index (χ3n) is 5.05. The van der Waals surface area contributed by atoms with E-state index in [1.807, 2.05) is 12.1 Å². The van der Waals surface area contributed by atoms with Gasteiger partial charge in [0.05, 0.1) is 20.9 Å². The van der Waals surface area contributed by atoms with Gasteiger partial charge in [0.2, 0.25) is 0 Å². The van der Waals surface area contributed by atoms with Crippen LogP contribution in [0.4, 0.5) is 11.4 Å². The first-order valence-corrected chi connectivity index (χ1v) is 8.30. The van der Waals surface area contributed by atoms with Crippen molar-refractivity contribution in [1.29, 1.82) is 0 Å². The van der Waals surface area contributed by atoms with Crippen LogP contribution in [0.3, 0.4) is 0 Å². The number of nitrogens with zero attached hydrogens (tertiary/aromatic N) is 3. The molecule has 1 aliphatic carbocycles. The quantitative estimate of drug-likeness (QED) is 0.335. The molecule has 0 saturated carbocycles. The number of carbonyl (C=O) groups is 1. The van der Waals surface area contributed by atoms with E-state index < -0.39 is 21.2 Å². The Balaban J connectivity index is 2.02. The summed E-state index contributed by atoms with van der Waals surface area (Å²) in [6.07, 6.45) is 1.59. The topological polar surface area (TPSA) is 116 Å². The summed E-state index contributed by atoms with van der Waals surface area (Å²) in [4.78, 5) is 39.3. The monoisotopic (exact) mass is 371 g/mol. The summed E-state index contributed by atoms with van der Waals surface area (Å²) in [5, 5.41) is 23.9. The zero-order valence-corrected chi connectivity index (χ0v) is 14.1. The number of hydrogen-bond acceptors (Lipinski definition) is 6. The zero-order chi connectivity index (χ0) is 19.6. The smallest absolute Gasteiger partial charge is 0.284 e. The second-order valence-corrected chi connectivity index (χ2v) is 6.42. The Labute approximate surface area is 156 Å². The highest BCUT2D eigenvalue weighted by atomic mass is 16.6. The standard InChI is InChI=1S/C20H9N3O5/c24-20-13-6-8-15(23(27)28)18-14(22(25)26)7-5-11(16(13)18)12-4-3-10-2-1-9-21-19(10)17(12)20/h1-9H. The van der Waals surface area contributed by atoms with Gasteiger partial charge >= 0.3 is 0 Å². The van der Waals surface area contributed by atoms with Crippen molar-refractivity contribution < 1.29 is 14.6 Å². The normalized spacial score (nSPS) is 12.2. The molecule has 0 radical (unpaired) electrons. The molecule has 1 aliphatic rings. The number of aromatic nitrogens is 1. The molecule has 0 unspecified atom stereocenters. The second kappa shape index (κ2) is 5.40. The maximum atomic E-state index is 13.3. The summed E-state index contributed by atoms with van der Waals surface area (Å²) in [6.45, 7) is 0. The summed E-state index contributed by atoms with van der Waals surface area (Å²) >= 11 is 0. The highest BCUT2D eigenvalue weighted by molar-refractivity contribution is 6.31. The van der Waals surface area contributed by atoms with E-state index in [1.165, 1.54) is 18.2 Å². The fourth-order valence-corrected chi connectivity index (χ4v) is 3.91. The number of benzene rings is 3. The Kier molecular flexibility index (Phi) is 3.09. The first-order chi connectivity index (χ1) is 13.5. The molecule has 0 amide bonds. The second-order valence-electron chi connectivity index (χ2n) is 6.42. The van der Waals surface area contributed by atoms with E-state index in [2.05, 4.69) is 4.98 Å². The minimum atomic E-state index is -0.669. The Morgan fingerprint density at radius 3 is 2.07 bits per heavy atom. The Bertz CT molecular complexity index is 1370. The summed E-state index contributed by atoms with van der Waals surface area (Å²) in [6, 6.07) is 12.5. The van der Waals surface area contributed by atoms with Gasteiger partial charge < -0.3 is 0 Å². The van der Waals surface area contributed by atoms with Gasteiger partial charge in [0.15, 0.2) is 5.78 Å². The number of rotatable bonds is 2. The predicted octanol–water partition coefficient (Wildman–Crippen LogP) is 4.42. The molecule has 1 aromatic heterocycles. The number of pyridine rings is 1. The largest absolute Gasteiger partial charge is 0.288 e. The molecule has 134 valence electrons. The van der Waals surface area contributed by atoms with Gasteiger partial charge in [0.25, 0.3) is 11.4 Å². The van der Waals surface area contributed by atoms with Crippen molar-refractivity contribution in [2.75, 3.05) is 0 Å². The van der Waals surface area contributed by atoms with E-state index in [1.54, 1.807) is 18.3 Å². The molecule has 28 heavy (non-hydrogen) atoms. The van der Waals surface area contributed by atoms with Gasteiger partial charge in [-0.3, -0.25) is 30.0 Å². The van der Waals surface area contributed by atoms with Crippen LogP contribution in [0.1, 0.15) is 15.9 Å². The Morgan fingerprint density at radius 1 is 0.750 bits per heavy atom. The maximum Gasteiger partial charge on any atom is 0.284 e. The minimum absolute atomic E-state index is 0.134. The average Bonchev–Trinajstić information content (AvgIpc) is 2.70. The maximum absolute atomic E-state index is 13.3. The Hall–Kier alpha value is -4.20. The van der Waals surface area contributed by atoms with Gasteiger partial charge in [-0.05, 0) is 29.3 Å². The number of hydrogen-bond donors (Lipinski definition) is 0. The minimum Gasteiger partial charge on any atom is -0.288 e. The highest BCUT2D eigenvalue weighted by Gasteiger charge is 2.33. The van der Waals surface area contributed by atoms with Crippen LogP contribution in [0.25, 0.3) is 32.8 Å². The highest BCUT2D eigenvalue weighted by Crippen LogP contribution is 2.46. The van der Waals surface area contributed by atoms with E-state index in [0.29, 0.717) is 22.2 Å². The van der Waals surface area contributed by atoms with Crippen molar-refractivity contribution in [3.05, 3.63) is 86.1 Å². The van der Waals surface area contributed by atoms with Crippen molar-refractivity contribution in [1.82, 2.24) is 4.98 Å². The molecule has 0 saturated heterocycles. The molecule has 0 aliphatic heterocycles. The molecule has 0 atom stereocenters. The third kappa shape index (κ3) is 1.94. The summed E-state index contributed by atoms with van der Waals surface area (Å²) in [5.41, 5.74) is 1.43. The number of nitro groups is 2. The van der Waals surface area contributed by atoms with Gasteiger partial charge in [-0.1, -0.05) is 18.2 Å². The van der Waals surface area contributed by atoms with E-state index in [9.17, 15) is 25.0 Å². The molecule has 0 N–H and O–H groups in total. The van der Waals surface area contributed by atoms with Gasteiger partial charge in [-0.2, -0.15) is 0 Å². The fraction of sp³-hybridized carbons (Fsp3) is 0. The number of nitro benzene ring substituents is 2. The van der Waals surface area contributed by atoms with Crippen LogP contribution < -0.4 is 0 Å². The van der Waals surface area contributed by atoms with E-state index in [0.717, 1.165) is 11.5 Å². The van der Waals surface area contributed by atoms with Crippen molar-refractivity contribution in [2.45, 2.75) is 0 Å². The molecule has 8 nitrogen and oxygen atoms in total. The molecule has 0 bridgehead atoms.